The Kier molecular flexibility index (Phi) is 4.98. The van der Waals surface area contributed by atoms with Crippen molar-refractivity contribution in [3.05, 3.63) is 35.9 Å². The first-order chi connectivity index (χ1) is 9.65. The summed E-state index contributed by atoms with van der Waals surface area (Å²) in [5, 5.41) is 11.6. The summed E-state index contributed by atoms with van der Waals surface area (Å²) in [5.74, 6) is -0.958. The Balaban J connectivity index is 1.96. The van der Waals surface area contributed by atoms with Gasteiger partial charge in [-0.05, 0) is 31.2 Å². The maximum atomic E-state index is 11.8. The highest BCUT2D eigenvalue weighted by molar-refractivity contribution is 5.72. The van der Waals surface area contributed by atoms with Crippen LogP contribution in [0.3, 0.4) is 0 Å². The molecule has 1 aromatic rings. The number of benzene rings is 1. The van der Waals surface area contributed by atoms with Crippen LogP contribution < -0.4 is 5.32 Å². The molecular weight excluding hydrogens is 258 g/mol. The first kappa shape index (κ1) is 14.4. The molecule has 1 aliphatic carbocycles. The van der Waals surface area contributed by atoms with E-state index in [1.165, 1.54) is 0 Å². The van der Waals surface area contributed by atoms with Gasteiger partial charge in [-0.15, -0.1) is 0 Å². The first-order valence-electron chi connectivity index (χ1n) is 6.89. The number of alkyl carbamates (subject to hydrolysis) is 1. The van der Waals surface area contributed by atoms with Crippen molar-refractivity contribution in [2.24, 2.45) is 0 Å². The number of carboxylic acids is 1. The second-order valence-electron chi connectivity index (χ2n) is 5.02. The van der Waals surface area contributed by atoms with Crippen LogP contribution in [0, 0.1) is 0 Å². The predicted molar refractivity (Wildman–Crippen MR) is 73.3 cm³/mol. The van der Waals surface area contributed by atoms with Crippen LogP contribution in [-0.2, 0) is 9.53 Å². The van der Waals surface area contributed by atoms with Gasteiger partial charge in [-0.25, -0.2) is 4.79 Å². The Morgan fingerprint density at radius 2 is 1.90 bits per heavy atom. The van der Waals surface area contributed by atoms with Crippen molar-refractivity contribution < 1.29 is 19.4 Å². The van der Waals surface area contributed by atoms with Gasteiger partial charge in [-0.2, -0.15) is 0 Å². The molecule has 1 aliphatic rings. The van der Waals surface area contributed by atoms with Crippen molar-refractivity contribution in [2.45, 2.75) is 44.2 Å². The average Bonchev–Trinajstić information content (AvgIpc) is 2.91. The van der Waals surface area contributed by atoms with Gasteiger partial charge in [0.1, 0.15) is 6.10 Å². The summed E-state index contributed by atoms with van der Waals surface area (Å²) in [5.41, 5.74) is 0.762. The summed E-state index contributed by atoms with van der Waals surface area (Å²) in [4.78, 5) is 22.8. The van der Waals surface area contributed by atoms with Gasteiger partial charge >= 0.3 is 12.1 Å². The smallest absolute Gasteiger partial charge is 0.407 e. The van der Waals surface area contributed by atoms with E-state index in [0.717, 1.165) is 31.2 Å². The number of hydrogen-bond acceptors (Lipinski definition) is 3. The molecule has 1 aromatic carbocycles. The molecule has 20 heavy (non-hydrogen) atoms. The van der Waals surface area contributed by atoms with Gasteiger partial charge in [0.25, 0.3) is 0 Å². The zero-order chi connectivity index (χ0) is 14.4. The SMILES string of the molecule is O=C(O)C[C@@H](NC(=O)OC1CCCC1)c1ccccc1. The van der Waals surface area contributed by atoms with Crippen LogP contribution in [-0.4, -0.2) is 23.3 Å². The summed E-state index contributed by atoms with van der Waals surface area (Å²) in [6, 6.07) is 8.50. The van der Waals surface area contributed by atoms with Crippen LogP contribution in [0.2, 0.25) is 0 Å². The molecule has 0 unspecified atom stereocenters. The minimum Gasteiger partial charge on any atom is -0.481 e. The molecule has 1 amide bonds. The topological polar surface area (TPSA) is 75.6 Å². The summed E-state index contributed by atoms with van der Waals surface area (Å²) < 4.78 is 5.30. The summed E-state index contributed by atoms with van der Waals surface area (Å²) in [6.07, 6.45) is 3.21. The predicted octanol–water partition coefficient (Wildman–Crippen LogP) is 2.87. The van der Waals surface area contributed by atoms with Crippen LogP contribution in [0.25, 0.3) is 0 Å². The molecule has 5 heteroatoms. The fourth-order valence-electron chi connectivity index (χ4n) is 2.45. The van der Waals surface area contributed by atoms with Crippen molar-refractivity contribution in [1.29, 1.82) is 0 Å². The van der Waals surface area contributed by atoms with E-state index in [1.54, 1.807) is 12.1 Å². The molecule has 0 radical (unpaired) electrons. The van der Waals surface area contributed by atoms with E-state index in [9.17, 15) is 9.59 Å². The molecule has 108 valence electrons. The number of hydrogen-bond donors (Lipinski definition) is 2. The second kappa shape index (κ2) is 6.93. The fraction of sp³-hybridized carbons (Fsp3) is 0.467. The number of amides is 1. The Labute approximate surface area is 117 Å². The molecular formula is C15H19NO4. The van der Waals surface area contributed by atoms with Gasteiger partial charge in [-0.1, -0.05) is 30.3 Å². The lowest BCUT2D eigenvalue weighted by Gasteiger charge is -2.19. The van der Waals surface area contributed by atoms with Crippen LogP contribution in [0.1, 0.15) is 43.7 Å². The number of carbonyl (C=O) groups is 2. The highest BCUT2D eigenvalue weighted by Gasteiger charge is 2.23. The lowest BCUT2D eigenvalue weighted by atomic mass is 10.0. The molecule has 0 aromatic heterocycles. The lowest BCUT2D eigenvalue weighted by molar-refractivity contribution is -0.137. The summed E-state index contributed by atoms with van der Waals surface area (Å²) >= 11 is 0. The van der Waals surface area contributed by atoms with E-state index in [0.29, 0.717) is 0 Å². The van der Waals surface area contributed by atoms with E-state index in [2.05, 4.69) is 5.32 Å². The quantitative estimate of drug-likeness (QED) is 0.867. The maximum Gasteiger partial charge on any atom is 0.407 e. The largest absolute Gasteiger partial charge is 0.481 e. The van der Waals surface area contributed by atoms with E-state index < -0.39 is 18.1 Å². The first-order valence-corrected chi connectivity index (χ1v) is 6.89. The highest BCUT2D eigenvalue weighted by atomic mass is 16.6. The minimum atomic E-state index is -0.958. The molecule has 0 bridgehead atoms. The number of ether oxygens (including phenoxy) is 1. The molecule has 2 rings (SSSR count). The number of aliphatic carboxylic acids is 1. The number of rotatable bonds is 5. The van der Waals surface area contributed by atoms with Crippen LogP contribution in [0.15, 0.2) is 30.3 Å². The Morgan fingerprint density at radius 3 is 2.50 bits per heavy atom. The lowest BCUT2D eigenvalue weighted by Crippen LogP contribution is -2.32. The third-order valence-electron chi connectivity index (χ3n) is 3.45. The van der Waals surface area contributed by atoms with Crippen LogP contribution >= 0.6 is 0 Å². The van der Waals surface area contributed by atoms with E-state index >= 15 is 0 Å². The van der Waals surface area contributed by atoms with Gasteiger partial charge in [0.15, 0.2) is 0 Å². The van der Waals surface area contributed by atoms with Gasteiger partial charge in [-0.3, -0.25) is 4.79 Å². The number of carboxylic acid groups (broad SMARTS) is 1. The standard InChI is InChI=1S/C15H19NO4/c17-14(18)10-13(11-6-2-1-3-7-11)16-15(19)20-12-8-4-5-9-12/h1-3,6-7,12-13H,4-5,8-10H2,(H,16,19)(H,17,18)/t13-/m1/s1. The zero-order valence-corrected chi connectivity index (χ0v) is 11.2. The average molecular weight is 277 g/mol. The molecule has 0 spiro atoms. The van der Waals surface area contributed by atoms with E-state index in [1.807, 2.05) is 18.2 Å². The Morgan fingerprint density at radius 1 is 1.25 bits per heavy atom. The Hall–Kier alpha value is -2.04. The molecule has 0 heterocycles. The molecule has 1 saturated carbocycles. The van der Waals surface area contributed by atoms with Crippen LogP contribution in [0.4, 0.5) is 4.79 Å². The molecule has 5 nitrogen and oxygen atoms in total. The third-order valence-corrected chi connectivity index (χ3v) is 3.45. The summed E-state index contributed by atoms with van der Waals surface area (Å²) in [6.45, 7) is 0. The fourth-order valence-corrected chi connectivity index (χ4v) is 2.45. The number of nitrogens with one attached hydrogen (secondary N) is 1. The van der Waals surface area contributed by atoms with Gasteiger partial charge in [0.2, 0.25) is 0 Å². The highest BCUT2D eigenvalue weighted by Crippen LogP contribution is 2.22. The molecule has 1 atom stereocenters. The number of carbonyl (C=O) groups excluding carboxylic acids is 1. The molecule has 0 aliphatic heterocycles. The van der Waals surface area contributed by atoms with Gasteiger partial charge < -0.3 is 15.2 Å². The molecule has 1 fully saturated rings. The van der Waals surface area contributed by atoms with Crippen molar-refractivity contribution in [3.8, 4) is 0 Å². The van der Waals surface area contributed by atoms with Gasteiger partial charge in [0, 0.05) is 0 Å². The molecule has 2 N–H and O–H groups in total. The van der Waals surface area contributed by atoms with Crippen molar-refractivity contribution >= 4 is 12.1 Å². The third kappa shape index (κ3) is 4.26. The minimum absolute atomic E-state index is 0.0312. The van der Waals surface area contributed by atoms with E-state index in [-0.39, 0.29) is 12.5 Å². The van der Waals surface area contributed by atoms with Crippen molar-refractivity contribution in [2.75, 3.05) is 0 Å². The summed E-state index contributed by atoms with van der Waals surface area (Å²) in [7, 11) is 0. The second-order valence-corrected chi connectivity index (χ2v) is 5.02. The Bertz CT molecular complexity index is 454. The normalized spacial score (nSPS) is 16.6. The van der Waals surface area contributed by atoms with Crippen LogP contribution in [0.5, 0.6) is 0 Å². The maximum absolute atomic E-state index is 11.8. The zero-order valence-electron chi connectivity index (χ0n) is 11.2. The molecule has 0 saturated heterocycles. The van der Waals surface area contributed by atoms with E-state index in [4.69, 9.17) is 9.84 Å². The van der Waals surface area contributed by atoms with Crippen molar-refractivity contribution in [1.82, 2.24) is 5.32 Å². The monoisotopic (exact) mass is 277 g/mol. The van der Waals surface area contributed by atoms with Gasteiger partial charge in [0.05, 0.1) is 12.5 Å². The van der Waals surface area contributed by atoms with Crippen molar-refractivity contribution in [3.63, 3.8) is 0 Å².